The normalized spacial score (nSPS) is 12.5. The van der Waals surface area contributed by atoms with Crippen LogP contribution in [0.15, 0.2) is 48.5 Å². The van der Waals surface area contributed by atoms with Gasteiger partial charge in [0.15, 0.2) is 5.65 Å². The molecule has 6 nitrogen and oxygen atoms in total. The van der Waals surface area contributed by atoms with Crippen molar-refractivity contribution in [2.24, 2.45) is 5.92 Å². The highest BCUT2D eigenvalue weighted by Gasteiger charge is 2.26. The molecule has 2 N–H and O–H groups in total. The summed E-state index contributed by atoms with van der Waals surface area (Å²) in [4.78, 5) is 22.6. The van der Waals surface area contributed by atoms with Gasteiger partial charge < -0.3 is 10.5 Å². The summed E-state index contributed by atoms with van der Waals surface area (Å²) in [5.74, 6) is 0.512. The summed E-state index contributed by atoms with van der Waals surface area (Å²) >= 11 is 0. The fraction of sp³-hybridized carbons (Fsp3) is 0.320. The van der Waals surface area contributed by atoms with Crippen LogP contribution in [-0.2, 0) is 4.74 Å². The Balaban J connectivity index is 1.91. The smallest absolute Gasteiger partial charge is 0.344 e. The lowest BCUT2D eigenvalue weighted by Crippen LogP contribution is -2.13. The number of nitrogen functional groups attached to an aromatic ring is 1. The van der Waals surface area contributed by atoms with Crippen molar-refractivity contribution in [3.8, 4) is 5.69 Å². The van der Waals surface area contributed by atoms with Gasteiger partial charge in [0.1, 0.15) is 16.9 Å². The quantitative estimate of drug-likeness (QED) is 0.421. The molecule has 0 spiro atoms. The van der Waals surface area contributed by atoms with Gasteiger partial charge in [0.05, 0.1) is 17.6 Å². The first-order valence-electron chi connectivity index (χ1n) is 10.7. The van der Waals surface area contributed by atoms with E-state index in [1.807, 2.05) is 43.3 Å². The fourth-order valence-electron chi connectivity index (χ4n) is 3.54. The summed E-state index contributed by atoms with van der Waals surface area (Å²) in [6.45, 7) is 8.75. The number of nitrogens with zero attached hydrogens (tertiary/aromatic N) is 3. The molecule has 6 heteroatoms. The second kappa shape index (κ2) is 8.38. The van der Waals surface area contributed by atoms with Crippen molar-refractivity contribution in [1.29, 1.82) is 0 Å². The number of aromatic nitrogens is 3. The highest BCUT2D eigenvalue weighted by Crippen LogP contribution is 2.32. The van der Waals surface area contributed by atoms with E-state index in [0.29, 0.717) is 29.2 Å². The van der Waals surface area contributed by atoms with Gasteiger partial charge in [-0.05, 0) is 41.7 Å². The Bertz CT molecular complexity index is 1240. The van der Waals surface area contributed by atoms with Gasteiger partial charge in [-0.2, -0.15) is 0 Å². The number of rotatable bonds is 6. The molecular weight excluding hydrogens is 388 g/mol. The lowest BCUT2D eigenvalue weighted by Gasteiger charge is -2.11. The molecule has 0 amide bonds. The average Bonchev–Trinajstić information content (AvgIpc) is 3.06. The molecule has 160 valence electrons. The molecule has 0 bridgehead atoms. The Labute approximate surface area is 182 Å². The maximum absolute atomic E-state index is 13.0. The van der Waals surface area contributed by atoms with Crippen LogP contribution in [0.2, 0.25) is 0 Å². The standard InChI is InChI=1S/C25H28N4O2/c1-5-16(4)14-31-25(30)21-22-24(28-20-9-7-6-8-19(20)27-22)29(23(21)26)18-12-10-17(11-13-18)15(2)3/h6-13,15-16H,5,14,26H2,1-4H3/t16-/m1/s1. The summed E-state index contributed by atoms with van der Waals surface area (Å²) in [6, 6.07) is 15.7. The first-order chi connectivity index (χ1) is 14.9. The zero-order valence-corrected chi connectivity index (χ0v) is 18.4. The second-order valence-electron chi connectivity index (χ2n) is 8.34. The summed E-state index contributed by atoms with van der Waals surface area (Å²) in [6.07, 6.45) is 0.928. The van der Waals surface area contributed by atoms with Crippen LogP contribution in [0.25, 0.3) is 27.9 Å². The molecule has 2 aromatic carbocycles. The van der Waals surface area contributed by atoms with Crippen molar-refractivity contribution in [2.75, 3.05) is 12.3 Å². The van der Waals surface area contributed by atoms with E-state index >= 15 is 0 Å². The highest BCUT2D eigenvalue weighted by atomic mass is 16.5. The van der Waals surface area contributed by atoms with Gasteiger partial charge in [-0.1, -0.05) is 58.4 Å². The van der Waals surface area contributed by atoms with Crippen molar-refractivity contribution < 1.29 is 9.53 Å². The van der Waals surface area contributed by atoms with Crippen LogP contribution in [0, 0.1) is 5.92 Å². The van der Waals surface area contributed by atoms with Gasteiger partial charge in [-0.25, -0.2) is 14.8 Å². The number of ether oxygens (including phenoxy) is 1. The van der Waals surface area contributed by atoms with Crippen LogP contribution in [-0.4, -0.2) is 27.1 Å². The number of para-hydroxylation sites is 2. The number of fused-ring (bicyclic) bond motifs is 2. The molecule has 0 aliphatic rings. The van der Waals surface area contributed by atoms with Crippen LogP contribution < -0.4 is 5.73 Å². The van der Waals surface area contributed by atoms with Crippen LogP contribution in [0.5, 0.6) is 0 Å². The van der Waals surface area contributed by atoms with Crippen molar-refractivity contribution in [3.05, 3.63) is 59.7 Å². The van der Waals surface area contributed by atoms with Gasteiger partial charge in [-0.3, -0.25) is 4.57 Å². The highest BCUT2D eigenvalue weighted by molar-refractivity contribution is 6.09. The Morgan fingerprint density at radius 1 is 1.03 bits per heavy atom. The zero-order valence-electron chi connectivity index (χ0n) is 18.4. The van der Waals surface area contributed by atoms with Crippen molar-refractivity contribution in [2.45, 2.75) is 40.0 Å². The van der Waals surface area contributed by atoms with Crippen LogP contribution in [0.3, 0.4) is 0 Å². The number of hydrogen-bond donors (Lipinski definition) is 1. The van der Waals surface area contributed by atoms with Gasteiger partial charge in [-0.15, -0.1) is 0 Å². The van der Waals surface area contributed by atoms with Crippen molar-refractivity contribution >= 4 is 34.0 Å². The summed E-state index contributed by atoms with van der Waals surface area (Å²) in [7, 11) is 0. The van der Waals surface area contributed by atoms with Crippen molar-refractivity contribution in [1.82, 2.24) is 14.5 Å². The predicted molar refractivity (Wildman–Crippen MR) is 125 cm³/mol. The third kappa shape index (κ3) is 3.85. The Morgan fingerprint density at radius 2 is 1.68 bits per heavy atom. The van der Waals surface area contributed by atoms with Crippen molar-refractivity contribution in [3.63, 3.8) is 0 Å². The van der Waals surface area contributed by atoms with E-state index < -0.39 is 5.97 Å². The minimum absolute atomic E-state index is 0.268. The third-order valence-corrected chi connectivity index (χ3v) is 5.72. The van der Waals surface area contributed by atoms with E-state index in [2.05, 4.69) is 32.9 Å². The molecule has 4 rings (SSSR count). The fourth-order valence-corrected chi connectivity index (χ4v) is 3.54. The topological polar surface area (TPSA) is 83.0 Å². The Morgan fingerprint density at radius 3 is 2.29 bits per heavy atom. The molecule has 31 heavy (non-hydrogen) atoms. The number of carbonyl (C=O) groups excluding carboxylic acids is 1. The van der Waals surface area contributed by atoms with Gasteiger partial charge in [0, 0.05) is 5.69 Å². The number of carbonyl (C=O) groups is 1. The number of nitrogens with two attached hydrogens (primary N) is 1. The average molecular weight is 417 g/mol. The molecule has 0 radical (unpaired) electrons. The maximum Gasteiger partial charge on any atom is 0.344 e. The largest absolute Gasteiger partial charge is 0.462 e. The number of hydrogen-bond acceptors (Lipinski definition) is 5. The van der Waals surface area contributed by atoms with E-state index in [9.17, 15) is 4.79 Å². The van der Waals surface area contributed by atoms with E-state index in [1.54, 1.807) is 4.57 Å². The molecule has 0 aliphatic carbocycles. The second-order valence-corrected chi connectivity index (χ2v) is 8.34. The first kappa shape index (κ1) is 20.8. The minimum Gasteiger partial charge on any atom is -0.462 e. The summed E-state index contributed by atoms with van der Waals surface area (Å²) < 4.78 is 7.37. The Kier molecular flexibility index (Phi) is 5.63. The lowest BCUT2D eigenvalue weighted by atomic mass is 10.0. The molecule has 2 aromatic heterocycles. The number of benzene rings is 2. The van der Waals surface area contributed by atoms with Gasteiger partial charge in [0.25, 0.3) is 0 Å². The molecule has 0 saturated heterocycles. The van der Waals surface area contributed by atoms with E-state index in [0.717, 1.165) is 17.6 Å². The van der Waals surface area contributed by atoms with Gasteiger partial charge in [0.2, 0.25) is 0 Å². The molecule has 2 heterocycles. The monoisotopic (exact) mass is 416 g/mol. The maximum atomic E-state index is 13.0. The van der Waals surface area contributed by atoms with Crippen LogP contribution in [0.4, 0.5) is 5.82 Å². The number of anilines is 1. The molecule has 4 aromatic rings. The molecule has 0 unspecified atom stereocenters. The van der Waals surface area contributed by atoms with E-state index in [1.165, 1.54) is 5.56 Å². The third-order valence-electron chi connectivity index (χ3n) is 5.72. The molecule has 0 fully saturated rings. The molecule has 0 saturated carbocycles. The summed E-state index contributed by atoms with van der Waals surface area (Å²) in [5, 5.41) is 0. The summed E-state index contributed by atoms with van der Waals surface area (Å²) in [5.41, 5.74) is 11.3. The Hall–Kier alpha value is -3.41. The van der Waals surface area contributed by atoms with Gasteiger partial charge >= 0.3 is 5.97 Å². The lowest BCUT2D eigenvalue weighted by molar-refractivity contribution is 0.0450. The minimum atomic E-state index is -0.468. The molecule has 1 atom stereocenters. The SMILES string of the molecule is CC[C@@H](C)COC(=O)c1c(N)n(-c2ccc(C(C)C)cc2)c2nc3ccccc3nc12. The van der Waals surface area contributed by atoms with Crippen LogP contribution >= 0.6 is 0 Å². The van der Waals surface area contributed by atoms with E-state index in [-0.39, 0.29) is 17.3 Å². The molecule has 0 aliphatic heterocycles. The predicted octanol–water partition coefficient (Wildman–Crippen LogP) is 5.48. The number of esters is 1. The molecular formula is C25H28N4O2. The zero-order chi connectivity index (χ0) is 22.1. The van der Waals surface area contributed by atoms with Crippen LogP contribution in [0.1, 0.15) is 56.0 Å². The first-order valence-corrected chi connectivity index (χ1v) is 10.7. The van der Waals surface area contributed by atoms with E-state index in [4.69, 9.17) is 20.4 Å².